The summed E-state index contributed by atoms with van der Waals surface area (Å²) in [5, 5.41) is 13.0. The van der Waals surface area contributed by atoms with Crippen LogP contribution in [0.5, 0.6) is 5.75 Å². The minimum atomic E-state index is -0.104. The van der Waals surface area contributed by atoms with Crippen LogP contribution in [0.25, 0.3) is 6.08 Å². The molecular weight excluding hydrogens is 280 g/mol. The van der Waals surface area contributed by atoms with Gasteiger partial charge in [-0.3, -0.25) is 0 Å². The molecule has 0 bridgehead atoms. The summed E-state index contributed by atoms with van der Waals surface area (Å²) in [7, 11) is 0. The Morgan fingerprint density at radius 1 is 1.41 bits per heavy atom. The minimum Gasteiger partial charge on any atom is -0.485 e. The lowest BCUT2D eigenvalue weighted by molar-refractivity contribution is 0.260. The van der Waals surface area contributed by atoms with Crippen LogP contribution in [0.4, 0.5) is 5.88 Å². The lowest BCUT2D eigenvalue weighted by Gasteiger charge is -2.22. The number of aryl methyl sites for hydroxylation is 1. The van der Waals surface area contributed by atoms with E-state index in [0.717, 1.165) is 16.9 Å². The molecule has 1 atom stereocenters. The number of para-hydroxylation sites is 1. The summed E-state index contributed by atoms with van der Waals surface area (Å²) < 4.78 is 11.1. The van der Waals surface area contributed by atoms with Gasteiger partial charge in [0.1, 0.15) is 17.9 Å². The van der Waals surface area contributed by atoms with Crippen LogP contribution in [-0.4, -0.2) is 17.3 Å². The molecule has 0 fully saturated rings. The third kappa shape index (κ3) is 2.69. The van der Waals surface area contributed by atoms with Crippen molar-refractivity contribution < 1.29 is 9.15 Å². The van der Waals surface area contributed by atoms with Gasteiger partial charge in [0.05, 0.1) is 6.21 Å². The Morgan fingerprint density at radius 3 is 3.05 bits per heavy atom. The Balaban J connectivity index is 1.78. The van der Waals surface area contributed by atoms with E-state index in [1.54, 1.807) is 13.1 Å². The second kappa shape index (κ2) is 5.74. The summed E-state index contributed by atoms with van der Waals surface area (Å²) in [5.74, 6) is 1.51. The van der Waals surface area contributed by atoms with Crippen molar-refractivity contribution in [1.82, 2.24) is 4.98 Å². The molecule has 110 valence electrons. The first-order chi connectivity index (χ1) is 10.7. The van der Waals surface area contributed by atoms with Crippen LogP contribution in [0.3, 0.4) is 0 Å². The number of nitrogens with zero attached hydrogens (tertiary/aromatic N) is 3. The number of anilines is 1. The highest BCUT2D eigenvalue weighted by Gasteiger charge is 2.17. The first kappa shape index (κ1) is 13.9. The number of oxazole rings is 1. The monoisotopic (exact) mass is 294 g/mol. The van der Waals surface area contributed by atoms with Gasteiger partial charge in [-0.25, -0.2) is 10.4 Å². The van der Waals surface area contributed by atoms with Gasteiger partial charge in [-0.15, -0.1) is 0 Å². The zero-order valence-corrected chi connectivity index (χ0v) is 12.2. The molecule has 1 aromatic carbocycles. The fourth-order valence-electron chi connectivity index (χ4n) is 2.15. The van der Waals surface area contributed by atoms with Gasteiger partial charge in [-0.2, -0.15) is 10.4 Å². The first-order valence-electron chi connectivity index (χ1n) is 6.81. The van der Waals surface area contributed by atoms with E-state index in [4.69, 9.17) is 14.4 Å². The zero-order chi connectivity index (χ0) is 15.5. The Morgan fingerprint density at radius 2 is 2.23 bits per heavy atom. The van der Waals surface area contributed by atoms with Crippen molar-refractivity contribution in [3.8, 4) is 11.8 Å². The number of hydrogen-bond acceptors (Lipinski definition) is 6. The van der Waals surface area contributed by atoms with Crippen molar-refractivity contribution >= 4 is 18.2 Å². The zero-order valence-electron chi connectivity index (χ0n) is 12.2. The summed E-state index contributed by atoms with van der Waals surface area (Å²) in [6.07, 6.45) is 3.57. The quantitative estimate of drug-likeness (QED) is 0.694. The summed E-state index contributed by atoms with van der Waals surface area (Å²) in [5.41, 5.74) is 4.81. The molecule has 1 N–H and O–H groups in total. The number of nitrogens with one attached hydrogen (secondary N) is 1. The van der Waals surface area contributed by atoms with Gasteiger partial charge >= 0.3 is 0 Å². The second-order valence-corrected chi connectivity index (χ2v) is 4.83. The smallest absolute Gasteiger partial charge is 0.252 e. The van der Waals surface area contributed by atoms with E-state index in [0.29, 0.717) is 5.89 Å². The number of fused-ring (bicyclic) bond motifs is 1. The van der Waals surface area contributed by atoms with Gasteiger partial charge in [0.2, 0.25) is 5.69 Å². The first-order valence-corrected chi connectivity index (χ1v) is 6.81. The Labute approximate surface area is 127 Å². The SMILES string of the molecule is Cc1nc(C#N)c(N/N=C/C2=Cc3ccccc3OC2C)o1. The summed E-state index contributed by atoms with van der Waals surface area (Å²) >= 11 is 0. The van der Waals surface area contributed by atoms with Crippen LogP contribution < -0.4 is 10.2 Å². The molecule has 0 saturated heterocycles. The van der Waals surface area contributed by atoms with E-state index in [9.17, 15) is 0 Å². The second-order valence-electron chi connectivity index (χ2n) is 4.83. The Bertz CT molecular complexity index is 799. The number of rotatable bonds is 3. The fraction of sp³-hybridized carbons (Fsp3) is 0.188. The average Bonchev–Trinajstić information content (AvgIpc) is 2.88. The molecule has 6 nitrogen and oxygen atoms in total. The molecule has 0 radical (unpaired) electrons. The molecular formula is C16H14N4O2. The number of nitriles is 1. The molecule has 2 aromatic rings. The molecule has 1 aliphatic rings. The highest BCUT2D eigenvalue weighted by atomic mass is 16.5. The van der Waals surface area contributed by atoms with Gasteiger partial charge < -0.3 is 9.15 Å². The Kier molecular flexibility index (Phi) is 3.62. The van der Waals surface area contributed by atoms with Crippen LogP contribution >= 0.6 is 0 Å². The molecule has 1 aliphatic heterocycles. The van der Waals surface area contributed by atoms with Crippen molar-refractivity contribution in [2.75, 3.05) is 5.43 Å². The van der Waals surface area contributed by atoms with E-state index in [2.05, 4.69) is 15.5 Å². The van der Waals surface area contributed by atoms with Crippen molar-refractivity contribution in [2.45, 2.75) is 20.0 Å². The van der Waals surface area contributed by atoms with E-state index in [1.807, 2.05) is 43.3 Å². The van der Waals surface area contributed by atoms with Gasteiger partial charge in [0.25, 0.3) is 5.88 Å². The molecule has 1 unspecified atom stereocenters. The van der Waals surface area contributed by atoms with E-state index >= 15 is 0 Å². The molecule has 0 saturated carbocycles. The third-order valence-electron chi connectivity index (χ3n) is 3.23. The molecule has 3 rings (SSSR count). The maximum absolute atomic E-state index is 8.94. The van der Waals surface area contributed by atoms with Crippen LogP contribution in [0.15, 0.2) is 39.4 Å². The fourth-order valence-corrected chi connectivity index (χ4v) is 2.15. The number of aromatic nitrogens is 1. The van der Waals surface area contributed by atoms with Gasteiger partial charge in [0, 0.05) is 18.1 Å². The van der Waals surface area contributed by atoms with Gasteiger partial charge in [-0.1, -0.05) is 18.2 Å². The average molecular weight is 294 g/mol. The number of benzene rings is 1. The summed E-state index contributed by atoms with van der Waals surface area (Å²) in [6.45, 7) is 3.62. The maximum atomic E-state index is 8.94. The highest BCUT2D eigenvalue weighted by Crippen LogP contribution is 2.28. The lowest BCUT2D eigenvalue weighted by atomic mass is 10.0. The van der Waals surface area contributed by atoms with E-state index < -0.39 is 0 Å². The molecule has 0 amide bonds. The predicted molar refractivity (Wildman–Crippen MR) is 82.6 cm³/mol. The normalized spacial score (nSPS) is 16.6. The van der Waals surface area contributed by atoms with E-state index in [-0.39, 0.29) is 17.7 Å². The minimum absolute atomic E-state index is 0.104. The lowest BCUT2D eigenvalue weighted by Crippen LogP contribution is -2.19. The molecule has 22 heavy (non-hydrogen) atoms. The predicted octanol–water partition coefficient (Wildman–Crippen LogP) is 3.12. The van der Waals surface area contributed by atoms with Crippen molar-refractivity contribution in [1.29, 1.82) is 5.26 Å². The number of hydrazone groups is 1. The largest absolute Gasteiger partial charge is 0.485 e. The molecule has 0 aliphatic carbocycles. The highest BCUT2D eigenvalue weighted by molar-refractivity contribution is 5.89. The molecule has 2 heterocycles. The Hall–Kier alpha value is -3.07. The van der Waals surface area contributed by atoms with Crippen molar-refractivity contribution in [3.05, 3.63) is 47.0 Å². The summed E-state index contributed by atoms with van der Waals surface area (Å²) in [4.78, 5) is 3.94. The molecule has 0 spiro atoms. The molecule has 6 heteroatoms. The summed E-state index contributed by atoms with van der Waals surface area (Å²) in [6, 6.07) is 9.76. The van der Waals surface area contributed by atoms with Crippen LogP contribution in [-0.2, 0) is 0 Å². The molecule has 1 aromatic heterocycles. The van der Waals surface area contributed by atoms with Crippen molar-refractivity contribution in [3.63, 3.8) is 0 Å². The standard InChI is InChI=1S/C16H14N4O2/c1-10-13(7-12-5-3-4-6-15(12)21-10)9-18-20-16-14(8-17)19-11(2)22-16/h3-7,9-10,20H,1-2H3/b18-9+. The van der Waals surface area contributed by atoms with Gasteiger partial charge in [-0.05, 0) is 19.1 Å². The third-order valence-corrected chi connectivity index (χ3v) is 3.23. The number of ether oxygens (including phenoxy) is 1. The van der Waals surface area contributed by atoms with Gasteiger partial charge in [0.15, 0.2) is 5.89 Å². The van der Waals surface area contributed by atoms with Crippen molar-refractivity contribution in [2.24, 2.45) is 5.10 Å². The van der Waals surface area contributed by atoms with E-state index in [1.165, 1.54) is 0 Å². The van der Waals surface area contributed by atoms with Crippen LogP contribution in [0, 0.1) is 18.3 Å². The topological polar surface area (TPSA) is 83.4 Å². The van der Waals surface area contributed by atoms with Crippen LogP contribution in [0.2, 0.25) is 0 Å². The maximum Gasteiger partial charge on any atom is 0.252 e. The van der Waals surface area contributed by atoms with Crippen LogP contribution in [0.1, 0.15) is 24.1 Å². The number of hydrogen-bond donors (Lipinski definition) is 1.